The minimum Gasteiger partial charge on any atom is -0.385 e. The number of hydrogen-bond acceptors (Lipinski definition) is 3. The number of hydrogen-bond donors (Lipinski definition) is 0. The van der Waals surface area contributed by atoms with Gasteiger partial charge in [0.05, 0.1) is 0 Å². The maximum absolute atomic E-state index is 11.6. The largest absolute Gasteiger partial charge is 0.385 e. The highest BCUT2D eigenvalue weighted by Gasteiger charge is 2.35. The van der Waals surface area contributed by atoms with Crippen LogP contribution in [0.1, 0.15) is 25.7 Å². The van der Waals surface area contributed by atoms with Crippen LogP contribution in [0.5, 0.6) is 0 Å². The van der Waals surface area contributed by atoms with E-state index in [4.69, 9.17) is 9.47 Å². The maximum Gasteiger partial charge on any atom is 0.161 e. The van der Waals surface area contributed by atoms with Crippen molar-refractivity contribution in [3.05, 3.63) is 0 Å². The molecule has 0 aromatic rings. The summed E-state index contributed by atoms with van der Waals surface area (Å²) in [4.78, 5) is 11.6. The van der Waals surface area contributed by atoms with E-state index in [0.29, 0.717) is 18.9 Å². The molecule has 13 heavy (non-hydrogen) atoms. The molecule has 1 aliphatic rings. The van der Waals surface area contributed by atoms with Gasteiger partial charge in [0.25, 0.3) is 0 Å². The standard InChI is InChI=1S/C10H18O3/c1-12-7-3-4-9(11)10(13-2)8-5-6-8/h8,10H,3-7H2,1-2H3. The fourth-order valence-electron chi connectivity index (χ4n) is 1.52. The average molecular weight is 186 g/mol. The number of Topliss-reactive ketones (excluding diaryl/α,β-unsaturated/α-hetero) is 1. The molecule has 0 saturated heterocycles. The second kappa shape index (κ2) is 5.35. The average Bonchev–Trinajstić information content (AvgIpc) is 2.90. The van der Waals surface area contributed by atoms with Gasteiger partial charge in [-0.1, -0.05) is 0 Å². The first-order valence-corrected chi connectivity index (χ1v) is 4.84. The third kappa shape index (κ3) is 3.44. The first kappa shape index (κ1) is 10.7. The zero-order valence-electron chi connectivity index (χ0n) is 8.41. The zero-order valence-corrected chi connectivity index (χ0v) is 8.41. The van der Waals surface area contributed by atoms with Gasteiger partial charge in [-0.15, -0.1) is 0 Å². The van der Waals surface area contributed by atoms with Gasteiger partial charge in [-0.3, -0.25) is 4.79 Å². The summed E-state index contributed by atoms with van der Waals surface area (Å²) in [5.74, 6) is 0.738. The summed E-state index contributed by atoms with van der Waals surface area (Å²) in [6.45, 7) is 0.660. The highest BCUT2D eigenvalue weighted by molar-refractivity contribution is 5.83. The van der Waals surface area contributed by atoms with Crippen LogP contribution in [-0.2, 0) is 14.3 Å². The van der Waals surface area contributed by atoms with Crippen LogP contribution in [0.4, 0.5) is 0 Å². The van der Waals surface area contributed by atoms with Crippen molar-refractivity contribution in [3.8, 4) is 0 Å². The van der Waals surface area contributed by atoms with Crippen LogP contribution in [0.15, 0.2) is 0 Å². The minimum absolute atomic E-state index is 0.142. The Balaban J connectivity index is 2.19. The van der Waals surface area contributed by atoms with Gasteiger partial charge in [0, 0.05) is 27.2 Å². The molecule has 0 heterocycles. The number of carbonyl (C=O) groups is 1. The monoisotopic (exact) mass is 186 g/mol. The van der Waals surface area contributed by atoms with Crippen LogP contribution in [0.25, 0.3) is 0 Å². The van der Waals surface area contributed by atoms with Gasteiger partial charge in [0.15, 0.2) is 5.78 Å². The predicted octanol–water partition coefficient (Wildman–Crippen LogP) is 1.41. The molecule has 1 atom stereocenters. The van der Waals surface area contributed by atoms with Crippen LogP contribution in [0.3, 0.4) is 0 Å². The topological polar surface area (TPSA) is 35.5 Å². The Morgan fingerprint density at radius 3 is 2.62 bits per heavy atom. The zero-order chi connectivity index (χ0) is 9.68. The van der Waals surface area contributed by atoms with Gasteiger partial charge in [-0.25, -0.2) is 0 Å². The van der Waals surface area contributed by atoms with Gasteiger partial charge in [0.2, 0.25) is 0 Å². The van der Waals surface area contributed by atoms with E-state index in [0.717, 1.165) is 19.3 Å². The molecule has 0 radical (unpaired) electrons. The predicted molar refractivity (Wildman–Crippen MR) is 49.6 cm³/mol. The van der Waals surface area contributed by atoms with Gasteiger partial charge >= 0.3 is 0 Å². The lowest BCUT2D eigenvalue weighted by atomic mass is 10.1. The van der Waals surface area contributed by atoms with Crippen LogP contribution >= 0.6 is 0 Å². The van der Waals surface area contributed by atoms with E-state index in [-0.39, 0.29) is 11.9 Å². The summed E-state index contributed by atoms with van der Waals surface area (Å²) in [6, 6.07) is 0. The molecule has 0 spiro atoms. The smallest absolute Gasteiger partial charge is 0.161 e. The highest BCUT2D eigenvalue weighted by atomic mass is 16.5. The second-order valence-corrected chi connectivity index (χ2v) is 3.56. The fourth-order valence-corrected chi connectivity index (χ4v) is 1.52. The van der Waals surface area contributed by atoms with Crippen molar-refractivity contribution in [2.75, 3.05) is 20.8 Å². The number of rotatable bonds is 7. The van der Waals surface area contributed by atoms with Crippen molar-refractivity contribution >= 4 is 5.78 Å². The third-order valence-corrected chi connectivity index (χ3v) is 2.39. The molecule has 3 heteroatoms. The molecule has 0 aromatic carbocycles. The van der Waals surface area contributed by atoms with E-state index >= 15 is 0 Å². The van der Waals surface area contributed by atoms with Crippen molar-refractivity contribution in [3.63, 3.8) is 0 Å². The van der Waals surface area contributed by atoms with Gasteiger partial charge in [0.1, 0.15) is 6.10 Å². The number of methoxy groups -OCH3 is 2. The molecule has 0 aromatic heterocycles. The van der Waals surface area contributed by atoms with Gasteiger partial charge in [-0.2, -0.15) is 0 Å². The molecule has 1 aliphatic carbocycles. The number of carbonyl (C=O) groups excluding carboxylic acids is 1. The minimum atomic E-state index is -0.142. The Morgan fingerprint density at radius 2 is 2.15 bits per heavy atom. The van der Waals surface area contributed by atoms with E-state index in [2.05, 4.69) is 0 Å². The van der Waals surface area contributed by atoms with E-state index in [1.54, 1.807) is 14.2 Å². The Labute approximate surface area is 79.4 Å². The lowest BCUT2D eigenvalue weighted by molar-refractivity contribution is -0.130. The molecule has 1 saturated carbocycles. The lowest BCUT2D eigenvalue weighted by Gasteiger charge is -2.12. The lowest BCUT2D eigenvalue weighted by Crippen LogP contribution is -2.25. The normalized spacial score (nSPS) is 18.6. The van der Waals surface area contributed by atoms with E-state index < -0.39 is 0 Å². The summed E-state index contributed by atoms with van der Waals surface area (Å²) in [5, 5.41) is 0. The SMILES string of the molecule is COCCCC(=O)C(OC)C1CC1. The fraction of sp³-hybridized carbons (Fsp3) is 0.900. The molecular formula is C10H18O3. The second-order valence-electron chi connectivity index (χ2n) is 3.56. The van der Waals surface area contributed by atoms with Crippen LogP contribution in [-0.4, -0.2) is 32.7 Å². The molecule has 1 unspecified atom stereocenters. The molecule has 0 amide bonds. The van der Waals surface area contributed by atoms with Gasteiger partial charge in [-0.05, 0) is 25.2 Å². The van der Waals surface area contributed by atoms with Crippen molar-refractivity contribution in [1.29, 1.82) is 0 Å². The third-order valence-electron chi connectivity index (χ3n) is 2.39. The van der Waals surface area contributed by atoms with Crippen LogP contribution in [0, 0.1) is 5.92 Å². The molecule has 3 nitrogen and oxygen atoms in total. The Bertz CT molecular complexity index is 164. The number of ether oxygens (including phenoxy) is 2. The maximum atomic E-state index is 11.6. The van der Waals surface area contributed by atoms with Crippen molar-refractivity contribution in [2.24, 2.45) is 5.92 Å². The summed E-state index contributed by atoms with van der Waals surface area (Å²) >= 11 is 0. The highest BCUT2D eigenvalue weighted by Crippen LogP contribution is 2.34. The molecular weight excluding hydrogens is 168 g/mol. The van der Waals surface area contributed by atoms with Crippen LogP contribution in [0.2, 0.25) is 0 Å². The van der Waals surface area contributed by atoms with E-state index in [1.165, 1.54) is 0 Å². The van der Waals surface area contributed by atoms with Crippen molar-refractivity contribution < 1.29 is 14.3 Å². The molecule has 0 aliphatic heterocycles. The summed E-state index contributed by atoms with van der Waals surface area (Å²) in [7, 11) is 3.27. The summed E-state index contributed by atoms with van der Waals surface area (Å²) in [6.07, 6.45) is 3.55. The number of ketones is 1. The van der Waals surface area contributed by atoms with Crippen LogP contribution < -0.4 is 0 Å². The van der Waals surface area contributed by atoms with Crippen molar-refractivity contribution in [1.82, 2.24) is 0 Å². The Hall–Kier alpha value is -0.410. The van der Waals surface area contributed by atoms with Crippen molar-refractivity contribution in [2.45, 2.75) is 31.8 Å². The molecule has 76 valence electrons. The molecule has 1 rings (SSSR count). The van der Waals surface area contributed by atoms with E-state index in [1.807, 2.05) is 0 Å². The molecule has 0 bridgehead atoms. The summed E-state index contributed by atoms with van der Waals surface area (Å²) < 4.78 is 10.1. The van der Waals surface area contributed by atoms with Gasteiger partial charge < -0.3 is 9.47 Å². The Kier molecular flexibility index (Phi) is 4.39. The quantitative estimate of drug-likeness (QED) is 0.564. The molecule has 0 N–H and O–H groups in total. The first-order valence-electron chi connectivity index (χ1n) is 4.84. The molecule has 1 fully saturated rings. The Morgan fingerprint density at radius 1 is 1.46 bits per heavy atom. The summed E-state index contributed by atoms with van der Waals surface area (Å²) in [5.41, 5.74) is 0. The first-order chi connectivity index (χ1) is 6.29. The van der Waals surface area contributed by atoms with E-state index in [9.17, 15) is 4.79 Å².